The minimum atomic E-state index is -0.546. The van der Waals surface area contributed by atoms with E-state index in [0.717, 1.165) is 0 Å². The summed E-state index contributed by atoms with van der Waals surface area (Å²) in [7, 11) is 0. The molecule has 0 spiro atoms. The van der Waals surface area contributed by atoms with Crippen LogP contribution in [0.15, 0.2) is 11.6 Å². The van der Waals surface area contributed by atoms with Crippen LogP contribution in [-0.4, -0.2) is 23.2 Å². The highest BCUT2D eigenvalue weighted by Gasteiger charge is 2.18. The topological polar surface area (TPSA) is 43.4 Å². The molecule has 0 N–H and O–H groups in total. The Kier molecular flexibility index (Phi) is 6.48. The van der Waals surface area contributed by atoms with Crippen molar-refractivity contribution in [3.8, 4) is 0 Å². The molecule has 0 aromatic heterocycles. The van der Waals surface area contributed by atoms with Gasteiger partial charge in [0.1, 0.15) is 0 Å². The van der Waals surface area contributed by atoms with E-state index in [4.69, 9.17) is 4.74 Å². The maximum atomic E-state index is 11.4. The van der Waals surface area contributed by atoms with Gasteiger partial charge in [0.25, 0.3) is 0 Å². The van der Waals surface area contributed by atoms with Crippen LogP contribution in [0.4, 0.5) is 0 Å². The van der Waals surface area contributed by atoms with E-state index in [1.54, 1.807) is 13.0 Å². The van der Waals surface area contributed by atoms with Gasteiger partial charge in [-0.05, 0) is 19.8 Å². The molecule has 0 amide bonds. The Labute approximate surface area is 99.0 Å². The first-order valence-corrected chi connectivity index (χ1v) is 5.85. The summed E-state index contributed by atoms with van der Waals surface area (Å²) in [4.78, 5) is 22.6. The molecule has 0 rings (SSSR count). The fourth-order valence-corrected chi connectivity index (χ4v) is 1.15. The van der Waals surface area contributed by atoms with E-state index in [9.17, 15) is 9.59 Å². The number of Topliss-reactive ketones (excluding diaryl/α,β-unsaturated/α-hetero) is 1. The van der Waals surface area contributed by atoms with Crippen LogP contribution >= 0.6 is 15.9 Å². The fraction of sp³-hybridized carbons (Fsp3) is 0.636. The standard InChI is InChI=1S/C11H17BrO3/c1-5-15-11(14)9(8(4)13)6-10(12)7(2)3/h6-7,10H,5H2,1-4H3/b9-6+. The number of hydrogen-bond donors (Lipinski definition) is 0. The zero-order valence-corrected chi connectivity index (χ0v) is 11.1. The maximum absolute atomic E-state index is 11.4. The van der Waals surface area contributed by atoms with E-state index in [0.29, 0.717) is 5.92 Å². The second-order valence-electron chi connectivity index (χ2n) is 3.55. The summed E-state index contributed by atoms with van der Waals surface area (Å²) in [5, 5.41) is 0. The van der Waals surface area contributed by atoms with Gasteiger partial charge < -0.3 is 4.74 Å². The highest BCUT2D eigenvalue weighted by molar-refractivity contribution is 9.09. The van der Waals surface area contributed by atoms with Crippen LogP contribution in [0.2, 0.25) is 0 Å². The van der Waals surface area contributed by atoms with Crippen LogP contribution in [0, 0.1) is 5.92 Å². The van der Waals surface area contributed by atoms with E-state index >= 15 is 0 Å². The van der Waals surface area contributed by atoms with Gasteiger partial charge in [0, 0.05) is 4.83 Å². The van der Waals surface area contributed by atoms with Gasteiger partial charge in [0.05, 0.1) is 12.2 Å². The van der Waals surface area contributed by atoms with Crippen molar-refractivity contribution in [2.24, 2.45) is 5.92 Å². The van der Waals surface area contributed by atoms with Crippen molar-refractivity contribution in [1.82, 2.24) is 0 Å². The Morgan fingerprint density at radius 3 is 2.27 bits per heavy atom. The second-order valence-corrected chi connectivity index (χ2v) is 4.60. The minimum absolute atomic E-state index is 0.000746. The molecule has 3 nitrogen and oxygen atoms in total. The monoisotopic (exact) mass is 276 g/mol. The van der Waals surface area contributed by atoms with E-state index in [-0.39, 0.29) is 22.8 Å². The molecule has 0 saturated heterocycles. The molecule has 15 heavy (non-hydrogen) atoms. The van der Waals surface area contributed by atoms with Crippen LogP contribution in [0.25, 0.3) is 0 Å². The van der Waals surface area contributed by atoms with Gasteiger partial charge >= 0.3 is 5.97 Å². The highest BCUT2D eigenvalue weighted by atomic mass is 79.9. The van der Waals surface area contributed by atoms with Gasteiger partial charge in [-0.25, -0.2) is 4.79 Å². The van der Waals surface area contributed by atoms with Crippen LogP contribution < -0.4 is 0 Å². The molecule has 0 aliphatic rings. The molecule has 0 fully saturated rings. The molecule has 0 aliphatic heterocycles. The van der Waals surface area contributed by atoms with Gasteiger partial charge in [-0.1, -0.05) is 35.9 Å². The van der Waals surface area contributed by atoms with Gasteiger partial charge in [-0.15, -0.1) is 0 Å². The Morgan fingerprint density at radius 1 is 1.40 bits per heavy atom. The number of hydrogen-bond acceptors (Lipinski definition) is 3. The maximum Gasteiger partial charge on any atom is 0.341 e. The number of carbonyl (C=O) groups excluding carboxylic acids is 2. The summed E-state index contributed by atoms with van der Waals surface area (Å²) in [5.41, 5.74) is 0.118. The molecule has 0 saturated carbocycles. The van der Waals surface area contributed by atoms with Gasteiger partial charge in [0.15, 0.2) is 5.78 Å². The lowest BCUT2D eigenvalue weighted by Gasteiger charge is -2.10. The van der Waals surface area contributed by atoms with Crippen molar-refractivity contribution >= 4 is 27.7 Å². The number of ketones is 1. The SMILES string of the molecule is CCOC(=O)/C(=C/C(Br)C(C)C)C(C)=O. The van der Waals surface area contributed by atoms with E-state index in [2.05, 4.69) is 15.9 Å². The molecular weight excluding hydrogens is 260 g/mol. The van der Waals surface area contributed by atoms with Crippen molar-refractivity contribution in [1.29, 1.82) is 0 Å². The van der Waals surface area contributed by atoms with E-state index in [1.165, 1.54) is 6.92 Å². The molecule has 4 heteroatoms. The van der Waals surface area contributed by atoms with Gasteiger partial charge in [-0.2, -0.15) is 0 Å². The predicted octanol–water partition coefficient (Wildman–Crippen LogP) is 2.48. The van der Waals surface area contributed by atoms with Gasteiger partial charge in [-0.3, -0.25) is 4.79 Å². The lowest BCUT2D eigenvalue weighted by atomic mass is 10.1. The second kappa shape index (κ2) is 6.77. The molecule has 86 valence electrons. The molecule has 0 heterocycles. The third-order valence-corrected chi connectivity index (χ3v) is 3.16. The van der Waals surface area contributed by atoms with Crippen LogP contribution in [0.3, 0.4) is 0 Å². The summed E-state index contributed by atoms with van der Waals surface area (Å²) in [5.74, 6) is -0.498. The molecule has 0 radical (unpaired) electrons. The van der Waals surface area contributed by atoms with Gasteiger partial charge in [0.2, 0.25) is 0 Å². The molecule has 0 aromatic rings. The average molecular weight is 277 g/mol. The normalized spacial score (nSPS) is 13.9. The third kappa shape index (κ3) is 5.11. The quantitative estimate of drug-likeness (QED) is 0.255. The molecule has 0 bridgehead atoms. The number of esters is 1. The first-order chi connectivity index (χ1) is 6.90. The summed E-state index contributed by atoms with van der Waals surface area (Å²) in [6.45, 7) is 7.35. The van der Waals surface area contributed by atoms with Crippen molar-refractivity contribution in [2.45, 2.75) is 32.5 Å². The minimum Gasteiger partial charge on any atom is -0.462 e. The van der Waals surface area contributed by atoms with Crippen LogP contribution in [-0.2, 0) is 14.3 Å². The molecular formula is C11H17BrO3. The Bertz CT molecular complexity index is 269. The number of halogens is 1. The van der Waals surface area contributed by atoms with E-state index < -0.39 is 5.97 Å². The Morgan fingerprint density at radius 2 is 1.93 bits per heavy atom. The number of rotatable bonds is 5. The lowest BCUT2D eigenvalue weighted by molar-refractivity contribution is -0.139. The highest BCUT2D eigenvalue weighted by Crippen LogP contribution is 2.16. The largest absolute Gasteiger partial charge is 0.462 e. The summed E-state index contributed by atoms with van der Waals surface area (Å²) >= 11 is 3.39. The lowest BCUT2D eigenvalue weighted by Crippen LogP contribution is -2.16. The number of allylic oxidation sites excluding steroid dienone is 1. The average Bonchev–Trinajstić information content (AvgIpc) is 2.13. The fourth-order valence-electron chi connectivity index (χ4n) is 0.890. The zero-order valence-electron chi connectivity index (χ0n) is 9.54. The summed E-state index contributed by atoms with van der Waals surface area (Å²) in [6.07, 6.45) is 1.62. The molecule has 0 aromatic carbocycles. The third-order valence-electron chi connectivity index (χ3n) is 1.84. The van der Waals surface area contributed by atoms with Crippen molar-refractivity contribution in [3.05, 3.63) is 11.6 Å². The summed E-state index contributed by atoms with van der Waals surface area (Å²) < 4.78 is 4.80. The van der Waals surface area contributed by atoms with E-state index in [1.807, 2.05) is 13.8 Å². The van der Waals surface area contributed by atoms with Crippen molar-refractivity contribution < 1.29 is 14.3 Å². The van der Waals surface area contributed by atoms with Crippen LogP contribution in [0.5, 0.6) is 0 Å². The predicted molar refractivity (Wildman–Crippen MR) is 63.0 cm³/mol. The zero-order chi connectivity index (χ0) is 12.0. The first-order valence-electron chi connectivity index (χ1n) is 4.94. The first kappa shape index (κ1) is 14.4. The smallest absolute Gasteiger partial charge is 0.341 e. The van der Waals surface area contributed by atoms with Crippen molar-refractivity contribution in [3.63, 3.8) is 0 Å². The summed E-state index contributed by atoms with van der Waals surface area (Å²) in [6, 6.07) is 0. The number of alkyl halides is 1. The molecule has 0 aliphatic carbocycles. The molecule has 1 atom stereocenters. The Hall–Kier alpha value is -0.640. The Balaban J connectivity index is 4.81. The van der Waals surface area contributed by atoms with Crippen LogP contribution in [0.1, 0.15) is 27.7 Å². The van der Waals surface area contributed by atoms with Crippen molar-refractivity contribution in [2.75, 3.05) is 6.61 Å². The number of carbonyl (C=O) groups is 2. The molecule has 1 unspecified atom stereocenters. The number of ether oxygens (including phenoxy) is 1.